The Hall–Kier alpha value is -1.03. The molecule has 0 aliphatic carbocycles. The summed E-state index contributed by atoms with van der Waals surface area (Å²) in [5, 5.41) is 6.58. The Kier molecular flexibility index (Phi) is 3.76. The molecule has 1 aliphatic rings. The fraction of sp³-hybridized carbons (Fsp3) is 0.333. The molecular weight excluding hydrogens is 186 g/mol. The molecule has 3 nitrogen and oxygen atoms in total. The van der Waals surface area contributed by atoms with E-state index in [4.69, 9.17) is 0 Å². The maximum absolute atomic E-state index is 11.2. The van der Waals surface area contributed by atoms with E-state index in [9.17, 15) is 9.59 Å². The van der Waals surface area contributed by atoms with Gasteiger partial charge >= 0.3 is 0 Å². The molecule has 4 heteroatoms. The Morgan fingerprint density at radius 1 is 1.54 bits per heavy atom. The monoisotopic (exact) mass is 198 g/mol. The second kappa shape index (κ2) is 4.87. The van der Waals surface area contributed by atoms with Gasteiger partial charge in [0.15, 0.2) is 0 Å². The Morgan fingerprint density at radius 2 is 2.15 bits per heavy atom. The number of allylic oxidation sites excluding steroid dienone is 2. The van der Waals surface area contributed by atoms with Crippen molar-refractivity contribution in [2.75, 3.05) is 5.75 Å². The van der Waals surface area contributed by atoms with Crippen LogP contribution in [-0.4, -0.2) is 24.0 Å². The molecule has 0 saturated carbocycles. The van der Waals surface area contributed by atoms with Gasteiger partial charge in [0.1, 0.15) is 0 Å². The number of thiol groups is 1. The molecule has 0 aromatic rings. The van der Waals surface area contributed by atoms with E-state index in [-0.39, 0.29) is 5.91 Å². The van der Waals surface area contributed by atoms with E-state index in [0.717, 1.165) is 0 Å². The van der Waals surface area contributed by atoms with Crippen LogP contribution in [-0.2, 0) is 9.59 Å². The Morgan fingerprint density at radius 3 is 2.69 bits per heavy atom. The van der Waals surface area contributed by atoms with Gasteiger partial charge in [-0.05, 0) is 17.7 Å². The van der Waals surface area contributed by atoms with E-state index in [2.05, 4.69) is 5.32 Å². The van der Waals surface area contributed by atoms with Gasteiger partial charge in [-0.3, -0.25) is 9.59 Å². The second-order valence-electron chi connectivity index (χ2n) is 2.76. The van der Waals surface area contributed by atoms with Crippen molar-refractivity contribution >= 4 is 23.1 Å². The summed E-state index contributed by atoms with van der Waals surface area (Å²) in [5.74, 6) is 0.382. The molecule has 1 rings (SSSR count). The van der Waals surface area contributed by atoms with Gasteiger partial charge in [-0.1, -0.05) is 12.2 Å². The summed E-state index contributed by atoms with van der Waals surface area (Å²) in [6, 6.07) is -0.502. The summed E-state index contributed by atoms with van der Waals surface area (Å²) in [5.41, 5.74) is 0. The van der Waals surface area contributed by atoms with Crippen molar-refractivity contribution in [3.05, 3.63) is 23.0 Å². The summed E-state index contributed by atoms with van der Waals surface area (Å²) < 4.78 is 0. The third-order valence-electron chi connectivity index (χ3n) is 1.55. The molecular formula is C9H12NO2S. The minimum atomic E-state index is -0.502. The predicted molar refractivity (Wildman–Crippen MR) is 55.4 cm³/mol. The average Bonchev–Trinajstić information content (AvgIpc) is 2.56. The fourth-order valence-electron chi connectivity index (χ4n) is 0.958. The number of amides is 1. The summed E-state index contributed by atoms with van der Waals surface area (Å²) in [6.45, 7) is 1.61. The first-order valence-corrected chi connectivity index (χ1v) is 5.66. The van der Waals surface area contributed by atoms with Crippen LogP contribution in [0.4, 0.5) is 0 Å². The molecule has 0 aromatic heterocycles. The highest BCUT2D eigenvalue weighted by molar-refractivity contribution is 8.22. The van der Waals surface area contributed by atoms with E-state index >= 15 is 0 Å². The van der Waals surface area contributed by atoms with Gasteiger partial charge in [-0.2, -0.15) is 0 Å². The van der Waals surface area contributed by atoms with Crippen molar-refractivity contribution in [3.8, 4) is 0 Å². The molecule has 1 aliphatic heterocycles. The van der Waals surface area contributed by atoms with Gasteiger partial charge in [0, 0.05) is 0 Å². The predicted octanol–water partition coefficient (Wildman–Crippen LogP) is 0.643. The molecule has 0 unspecified atom stereocenters. The van der Waals surface area contributed by atoms with Crippen molar-refractivity contribution < 1.29 is 9.59 Å². The molecule has 1 atom stereocenters. The summed E-state index contributed by atoms with van der Waals surface area (Å²) in [4.78, 5) is 21.3. The van der Waals surface area contributed by atoms with Crippen LogP contribution in [0.5, 0.6) is 0 Å². The number of hydrogen-bond acceptors (Lipinski definition) is 2. The van der Waals surface area contributed by atoms with Crippen LogP contribution in [0.25, 0.3) is 0 Å². The molecule has 1 N–H and O–H groups in total. The van der Waals surface area contributed by atoms with E-state index in [1.54, 1.807) is 13.2 Å². The van der Waals surface area contributed by atoms with Crippen LogP contribution in [0, 0.1) is 0 Å². The van der Waals surface area contributed by atoms with Crippen molar-refractivity contribution in [1.29, 1.82) is 0 Å². The first-order chi connectivity index (χ1) is 6.22. The zero-order chi connectivity index (χ0) is 9.68. The number of rotatable bonds is 4. The van der Waals surface area contributed by atoms with Crippen LogP contribution < -0.4 is 5.32 Å². The van der Waals surface area contributed by atoms with Crippen molar-refractivity contribution in [1.82, 2.24) is 5.32 Å². The molecule has 0 spiro atoms. The number of carbonyl (C=O) groups is 1. The number of nitrogens with one attached hydrogen (secondary N) is 1. The van der Waals surface area contributed by atoms with E-state index in [1.807, 2.05) is 23.0 Å². The lowest BCUT2D eigenvalue weighted by Gasteiger charge is -2.11. The molecule has 0 bridgehead atoms. The number of carbonyl (C=O) groups excluding carboxylic acids is 2. The molecule has 1 heterocycles. The SMILES string of the molecule is C[C@@H]([C]=O)NC(=O)C[SH]1C=CC=C1. The summed E-state index contributed by atoms with van der Waals surface area (Å²) in [6.07, 6.45) is 5.59. The third-order valence-corrected chi connectivity index (χ3v) is 3.31. The molecule has 1 radical (unpaired) electrons. The largest absolute Gasteiger partial charge is 0.345 e. The van der Waals surface area contributed by atoms with Gasteiger partial charge in [0.05, 0.1) is 11.8 Å². The Labute approximate surface area is 80.2 Å². The highest BCUT2D eigenvalue weighted by Gasteiger charge is 2.09. The van der Waals surface area contributed by atoms with Crippen LogP contribution in [0.3, 0.4) is 0 Å². The van der Waals surface area contributed by atoms with E-state index in [1.165, 1.54) is 0 Å². The lowest BCUT2D eigenvalue weighted by molar-refractivity contribution is -0.118. The topological polar surface area (TPSA) is 46.2 Å². The molecule has 13 heavy (non-hydrogen) atoms. The van der Waals surface area contributed by atoms with E-state index in [0.29, 0.717) is 5.75 Å². The van der Waals surface area contributed by atoms with Crippen LogP contribution >= 0.6 is 10.9 Å². The van der Waals surface area contributed by atoms with Crippen LogP contribution in [0.2, 0.25) is 0 Å². The Bertz CT molecular complexity index is 248. The van der Waals surface area contributed by atoms with Crippen molar-refractivity contribution in [3.63, 3.8) is 0 Å². The minimum Gasteiger partial charge on any atom is -0.345 e. The average molecular weight is 198 g/mol. The summed E-state index contributed by atoms with van der Waals surface area (Å²) >= 11 is 0. The molecule has 0 saturated heterocycles. The normalized spacial score (nSPS) is 18.7. The molecule has 0 fully saturated rings. The zero-order valence-corrected chi connectivity index (χ0v) is 8.25. The zero-order valence-electron chi connectivity index (χ0n) is 7.36. The standard InChI is InChI=1S/C9H12NO2S/c1-8(6-11)10-9(12)7-13-4-2-3-5-13/h2-5,8,13H,7H2,1H3,(H,10,12)/t8-/m0/s1. The molecule has 71 valence electrons. The highest BCUT2D eigenvalue weighted by Crippen LogP contribution is 2.31. The van der Waals surface area contributed by atoms with Crippen molar-refractivity contribution in [2.45, 2.75) is 13.0 Å². The van der Waals surface area contributed by atoms with Crippen LogP contribution in [0.1, 0.15) is 6.92 Å². The quantitative estimate of drug-likeness (QED) is 0.651. The third kappa shape index (κ3) is 3.46. The first kappa shape index (κ1) is 10.1. The second-order valence-corrected chi connectivity index (χ2v) is 4.70. The van der Waals surface area contributed by atoms with Gasteiger partial charge in [-0.15, -0.1) is 0 Å². The molecule has 1 amide bonds. The summed E-state index contributed by atoms with van der Waals surface area (Å²) in [7, 11) is -0.423. The lowest BCUT2D eigenvalue weighted by atomic mass is 10.4. The maximum Gasteiger partial charge on any atom is 0.229 e. The van der Waals surface area contributed by atoms with Crippen molar-refractivity contribution in [2.24, 2.45) is 0 Å². The Balaban J connectivity index is 2.28. The van der Waals surface area contributed by atoms with Gasteiger partial charge in [-0.25, -0.2) is 10.9 Å². The smallest absolute Gasteiger partial charge is 0.229 e. The number of hydrogen-bond donors (Lipinski definition) is 2. The van der Waals surface area contributed by atoms with Gasteiger partial charge in [0.25, 0.3) is 0 Å². The van der Waals surface area contributed by atoms with Crippen LogP contribution in [0.15, 0.2) is 23.0 Å². The lowest BCUT2D eigenvalue weighted by Crippen LogP contribution is -2.35. The van der Waals surface area contributed by atoms with Gasteiger partial charge < -0.3 is 5.32 Å². The van der Waals surface area contributed by atoms with Gasteiger partial charge in [0.2, 0.25) is 12.2 Å². The van der Waals surface area contributed by atoms with E-state index < -0.39 is 16.9 Å². The highest BCUT2D eigenvalue weighted by atomic mass is 32.2. The fourth-order valence-corrected chi connectivity index (χ4v) is 2.33. The maximum atomic E-state index is 11.2. The molecule has 0 aromatic carbocycles. The minimum absolute atomic E-state index is 0.0850. The first-order valence-electron chi connectivity index (χ1n) is 4.00.